The fourth-order valence-corrected chi connectivity index (χ4v) is 0.743. The zero-order valence-corrected chi connectivity index (χ0v) is 6.54. The van der Waals surface area contributed by atoms with Gasteiger partial charge in [-0.1, -0.05) is 13.3 Å². The van der Waals surface area contributed by atoms with E-state index in [1.54, 1.807) is 6.08 Å². The minimum atomic E-state index is -0.319. The van der Waals surface area contributed by atoms with Gasteiger partial charge in [-0.3, -0.25) is 4.99 Å². The molecule has 0 saturated heterocycles. The Hall–Kier alpha value is -1.12. The Morgan fingerprint density at radius 2 is 2.36 bits per heavy atom. The van der Waals surface area contributed by atoms with E-state index in [2.05, 4.69) is 11.9 Å². The minimum absolute atomic E-state index is 0.319. The lowest BCUT2D eigenvalue weighted by atomic mass is 10.3. The highest BCUT2D eigenvalue weighted by atomic mass is 16.5. The van der Waals surface area contributed by atoms with Crippen molar-refractivity contribution in [1.29, 1.82) is 0 Å². The molecule has 11 heavy (non-hydrogen) atoms. The van der Waals surface area contributed by atoms with Gasteiger partial charge in [-0.25, -0.2) is 4.79 Å². The van der Waals surface area contributed by atoms with Crippen LogP contribution in [0, 0.1) is 0 Å². The molecule has 0 spiro atoms. The number of carbonyl (C=O) groups excluding carboxylic acids is 1. The zero-order valence-electron chi connectivity index (χ0n) is 6.54. The van der Waals surface area contributed by atoms with E-state index in [0.29, 0.717) is 5.90 Å². The van der Waals surface area contributed by atoms with Crippen LogP contribution in [-0.2, 0) is 9.53 Å². The maximum Gasteiger partial charge on any atom is 0.337 e. The molecule has 0 fully saturated rings. The number of nitrogens with zero attached hydrogens (tertiary/aromatic N) is 1. The molecular weight excluding hydrogens is 142 g/mol. The van der Waals surface area contributed by atoms with Crippen molar-refractivity contribution in [3.63, 3.8) is 0 Å². The number of aliphatic imine (C=N–C) groups is 1. The number of carbonyl (C=O) groups is 1. The van der Waals surface area contributed by atoms with Gasteiger partial charge in [0.2, 0.25) is 5.90 Å². The Bertz CT molecular complexity index is 206. The molecule has 0 saturated carbocycles. The Morgan fingerprint density at radius 1 is 1.55 bits per heavy atom. The van der Waals surface area contributed by atoms with Crippen molar-refractivity contribution >= 4 is 11.9 Å². The van der Waals surface area contributed by atoms with Crippen molar-refractivity contribution in [2.24, 2.45) is 4.99 Å². The predicted molar refractivity (Wildman–Crippen MR) is 42.4 cm³/mol. The van der Waals surface area contributed by atoms with Crippen LogP contribution in [0.2, 0.25) is 0 Å². The van der Waals surface area contributed by atoms with E-state index in [1.165, 1.54) is 6.08 Å². The van der Waals surface area contributed by atoms with Gasteiger partial charge in [0, 0.05) is 18.7 Å². The van der Waals surface area contributed by atoms with Crippen LogP contribution in [-0.4, -0.2) is 18.4 Å². The molecule has 0 bridgehead atoms. The van der Waals surface area contributed by atoms with Crippen LogP contribution in [0.5, 0.6) is 0 Å². The summed E-state index contributed by atoms with van der Waals surface area (Å²) < 4.78 is 4.71. The number of ether oxygens (including phenoxy) is 1. The molecule has 0 atom stereocenters. The van der Waals surface area contributed by atoms with Crippen LogP contribution in [0.4, 0.5) is 0 Å². The molecular formula is C8H11NO2. The van der Waals surface area contributed by atoms with Gasteiger partial charge in [-0.2, -0.15) is 0 Å². The average Bonchev–Trinajstić information content (AvgIpc) is 2.37. The molecule has 0 radical (unpaired) electrons. The summed E-state index contributed by atoms with van der Waals surface area (Å²) in [4.78, 5) is 14.5. The van der Waals surface area contributed by atoms with Gasteiger partial charge in [-0.15, -0.1) is 0 Å². The largest absolute Gasteiger partial charge is 0.405 e. The fraction of sp³-hybridized carbons (Fsp3) is 0.500. The number of hydrogen-bond donors (Lipinski definition) is 0. The van der Waals surface area contributed by atoms with Crippen molar-refractivity contribution in [2.45, 2.75) is 19.8 Å². The summed E-state index contributed by atoms with van der Waals surface area (Å²) in [6.45, 7) is 2.83. The van der Waals surface area contributed by atoms with E-state index >= 15 is 0 Å². The van der Waals surface area contributed by atoms with Gasteiger partial charge in [-0.05, 0) is 6.42 Å². The van der Waals surface area contributed by atoms with Crippen LogP contribution >= 0.6 is 0 Å². The molecule has 3 nitrogen and oxygen atoms in total. The third kappa shape index (κ3) is 2.53. The lowest BCUT2D eigenvalue weighted by Gasteiger charge is -1.93. The fourth-order valence-electron chi connectivity index (χ4n) is 0.743. The minimum Gasteiger partial charge on any atom is -0.405 e. The number of esters is 1. The molecule has 0 N–H and O–H groups in total. The van der Waals surface area contributed by atoms with Crippen molar-refractivity contribution < 1.29 is 9.53 Å². The van der Waals surface area contributed by atoms with Crippen molar-refractivity contribution in [2.75, 3.05) is 6.54 Å². The lowest BCUT2D eigenvalue weighted by molar-refractivity contribution is -0.129. The second kappa shape index (κ2) is 3.91. The Labute approximate surface area is 65.8 Å². The summed E-state index contributed by atoms with van der Waals surface area (Å²) in [5.41, 5.74) is 0. The summed E-state index contributed by atoms with van der Waals surface area (Å²) in [5, 5.41) is 0. The molecule has 0 amide bonds. The second-order valence-corrected chi connectivity index (χ2v) is 2.33. The maximum atomic E-state index is 10.5. The first-order valence-electron chi connectivity index (χ1n) is 3.77. The zero-order chi connectivity index (χ0) is 8.10. The molecule has 1 aliphatic rings. The van der Waals surface area contributed by atoms with Crippen molar-refractivity contribution in [3.8, 4) is 0 Å². The van der Waals surface area contributed by atoms with E-state index in [1.807, 2.05) is 0 Å². The number of cyclic esters (lactones) is 1. The van der Waals surface area contributed by atoms with E-state index in [4.69, 9.17) is 4.74 Å². The number of unbranched alkanes of at least 4 members (excludes halogenated alkanes) is 1. The summed E-state index contributed by atoms with van der Waals surface area (Å²) in [7, 11) is 0. The van der Waals surface area contributed by atoms with E-state index in [-0.39, 0.29) is 5.97 Å². The first-order chi connectivity index (χ1) is 5.33. The maximum absolute atomic E-state index is 10.5. The van der Waals surface area contributed by atoms with E-state index in [0.717, 1.165) is 19.4 Å². The van der Waals surface area contributed by atoms with Crippen LogP contribution < -0.4 is 0 Å². The summed E-state index contributed by atoms with van der Waals surface area (Å²) in [5.74, 6) is 0.128. The topological polar surface area (TPSA) is 38.7 Å². The monoisotopic (exact) mass is 153 g/mol. The van der Waals surface area contributed by atoms with Gasteiger partial charge in [0.1, 0.15) is 0 Å². The Kier molecular flexibility index (Phi) is 2.83. The molecule has 0 unspecified atom stereocenters. The third-order valence-corrected chi connectivity index (χ3v) is 1.35. The molecule has 0 aliphatic carbocycles. The smallest absolute Gasteiger partial charge is 0.337 e. The van der Waals surface area contributed by atoms with Gasteiger partial charge in [0.25, 0.3) is 0 Å². The highest BCUT2D eigenvalue weighted by Crippen LogP contribution is 1.98. The normalized spacial score (nSPS) is 19.4. The highest BCUT2D eigenvalue weighted by Gasteiger charge is 2.09. The van der Waals surface area contributed by atoms with Crippen LogP contribution in [0.15, 0.2) is 17.1 Å². The number of hydrogen-bond acceptors (Lipinski definition) is 3. The van der Waals surface area contributed by atoms with Gasteiger partial charge >= 0.3 is 5.97 Å². The first kappa shape index (κ1) is 7.98. The quantitative estimate of drug-likeness (QED) is 0.452. The average molecular weight is 153 g/mol. The van der Waals surface area contributed by atoms with Crippen molar-refractivity contribution in [3.05, 3.63) is 12.2 Å². The van der Waals surface area contributed by atoms with Crippen LogP contribution in [0.25, 0.3) is 0 Å². The van der Waals surface area contributed by atoms with Crippen LogP contribution in [0.3, 0.4) is 0 Å². The molecule has 60 valence electrons. The molecule has 1 aliphatic heterocycles. The van der Waals surface area contributed by atoms with Gasteiger partial charge in [0.05, 0.1) is 0 Å². The van der Waals surface area contributed by atoms with Gasteiger partial charge in [0.15, 0.2) is 0 Å². The second-order valence-electron chi connectivity index (χ2n) is 2.33. The lowest BCUT2D eigenvalue weighted by Crippen LogP contribution is -2.00. The van der Waals surface area contributed by atoms with Gasteiger partial charge < -0.3 is 4.74 Å². The molecule has 0 aromatic rings. The molecule has 3 heteroatoms. The Balaban J connectivity index is 2.32. The third-order valence-electron chi connectivity index (χ3n) is 1.35. The predicted octanol–water partition coefficient (Wildman–Crippen LogP) is 1.30. The SMILES string of the molecule is CCCCN=C1C=CC(=O)O1. The first-order valence-corrected chi connectivity index (χ1v) is 3.77. The standard InChI is InChI=1S/C8H11NO2/c1-2-3-6-9-7-4-5-8(10)11-7/h4-5H,2-3,6H2,1H3. The highest BCUT2D eigenvalue weighted by molar-refractivity contribution is 6.07. The summed E-state index contributed by atoms with van der Waals surface area (Å²) in [6.07, 6.45) is 5.12. The van der Waals surface area contributed by atoms with Crippen molar-refractivity contribution in [1.82, 2.24) is 0 Å². The molecule has 0 aromatic carbocycles. The summed E-state index contributed by atoms with van der Waals surface area (Å²) in [6, 6.07) is 0. The molecule has 0 aromatic heterocycles. The molecule has 1 rings (SSSR count). The van der Waals surface area contributed by atoms with E-state index < -0.39 is 0 Å². The molecule has 1 heterocycles. The van der Waals surface area contributed by atoms with Crippen LogP contribution in [0.1, 0.15) is 19.8 Å². The van der Waals surface area contributed by atoms with E-state index in [9.17, 15) is 4.79 Å². The number of rotatable bonds is 3. The summed E-state index contributed by atoms with van der Waals surface area (Å²) >= 11 is 0. The Morgan fingerprint density at radius 3 is 2.91 bits per heavy atom.